The lowest BCUT2D eigenvalue weighted by Gasteiger charge is -1.99. The van der Waals surface area contributed by atoms with E-state index in [2.05, 4.69) is 36.2 Å². The van der Waals surface area contributed by atoms with Gasteiger partial charge in [0.15, 0.2) is 0 Å². The van der Waals surface area contributed by atoms with Gasteiger partial charge >= 0.3 is 0 Å². The van der Waals surface area contributed by atoms with E-state index >= 15 is 0 Å². The monoisotopic (exact) mass is 183 g/mol. The van der Waals surface area contributed by atoms with Crippen molar-refractivity contribution in [2.24, 2.45) is 0 Å². The van der Waals surface area contributed by atoms with Crippen molar-refractivity contribution in [3.8, 4) is 0 Å². The van der Waals surface area contributed by atoms with E-state index in [1.165, 1.54) is 5.56 Å². The van der Waals surface area contributed by atoms with Gasteiger partial charge < -0.3 is 5.32 Å². The number of rotatable bonds is 4. The van der Waals surface area contributed by atoms with Crippen LogP contribution >= 0.6 is 12.4 Å². The molecule has 0 saturated heterocycles. The van der Waals surface area contributed by atoms with E-state index in [-0.39, 0.29) is 12.4 Å². The normalized spacial score (nSPS) is 8.33. The van der Waals surface area contributed by atoms with E-state index in [4.69, 9.17) is 0 Å². The Morgan fingerprint density at radius 1 is 1.25 bits per heavy atom. The molecule has 1 aromatic rings. The average molecular weight is 184 g/mol. The predicted octanol–water partition coefficient (Wildman–Crippen LogP) is 2.38. The number of benzene rings is 1. The molecule has 0 fully saturated rings. The van der Waals surface area contributed by atoms with E-state index in [1.54, 1.807) is 6.20 Å². The first kappa shape index (κ1) is 11.1. The molecule has 0 atom stereocenters. The largest absolute Gasteiger partial charge is 0.391 e. The van der Waals surface area contributed by atoms with Gasteiger partial charge in [-0.1, -0.05) is 36.9 Å². The molecule has 1 aromatic carbocycles. The Hall–Kier alpha value is -0.950. The smallest absolute Gasteiger partial charge is 0.0181 e. The lowest BCUT2D eigenvalue weighted by atomic mass is 10.1. The minimum absolute atomic E-state index is 0. The summed E-state index contributed by atoms with van der Waals surface area (Å²) in [5, 5.41) is 3.06. The molecule has 12 heavy (non-hydrogen) atoms. The fraction of sp³-hybridized carbons (Fsp3) is 0.200. The zero-order valence-electron chi connectivity index (χ0n) is 6.99. The van der Waals surface area contributed by atoms with Crippen LogP contribution in [-0.4, -0.2) is 6.54 Å². The minimum Gasteiger partial charge on any atom is -0.391 e. The molecule has 0 amide bonds. The summed E-state index contributed by atoms with van der Waals surface area (Å²) in [6, 6.07) is 10.4. The number of halogens is 1. The van der Waals surface area contributed by atoms with E-state index < -0.39 is 0 Å². The highest BCUT2D eigenvalue weighted by molar-refractivity contribution is 5.85. The highest BCUT2D eigenvalue weighted by Crippen LogP contribution is 1.97. The molecule has 0 unspecified atom stereocenters. The van der Waals surface area contributed by atoms with Crippen LogP contribution in [0.15, 0.2) is 43.1 Å². The summed E-state index contributed by atoms with van der Waals surface area (Å²) in [5.74, 6) is 0. The van der Waals surface area contributed by atoms with E-state index in [0.29, 0.717) is 0 Å². The van der Waals surface area contributed by atoms with Gasteiger partial charge in [0.25, 0.3) is 0 Å². The summed E-state index contributed by atoms with van der Waals surface area (Å²) in [5.41, 5.74) is 1.36. The molecule has 0 heterocycles. The Bertz CT molecular complexity index is 208. The van der Waals surface area contributed by atoms with Crippen molar-refractivity contribution in [2.45, 2.75) is 6.42 Å². The number of hydrogen-bond acceptors (Lipinski definition) is 1. The molecule has 0 radical (unpaired) electrons. The van der Waals surface area contributed by atoms with Gasteiger partial charge in [0.2, 0.25) is 0 Å². The lowest BCUT2D eigenvalue weighted by molar-refractivity contribution is 0.834. The van der Waals surface area contributed by atoms with Crippen LogP contribution < -0.4 is 5.32 Å². The molecular formula is C10H14ClN. The Morgan fingerprint density at radius 3 is 2.50 bits per heavy atom. The van der Waals surface area contributed by atoms with Crippen LogP contribution in [-0.2, 0) is 6.42 Å². The highest BCUT2D eigenvalue weighted by atomic mass is 35.5. The van der Waals surface area contributed by atoms with Crippen molar-refractivity contribution >= 4 is 12.4 Å². The number of nitrogens with one attached hydrogen (secondary N) is 1. The van der Waals surface area contributed by atoms with Crippen molar-refractivity contribution in [2.75, 3.05) is 6.54 Å². The van der Waals surface area contributed by atoms with Crippen LogP contribution in [0.3, 0.4) is 0 Å². The van der Waals surface area contributed by atoms with Gasteiger partial charge in [-0.3, -0.25) is 0 Å². The second-order valence-corrected chi connectivity index (χ2v) is 2.39. The molecule has 2 heteroatoms. The molecule has 1 nitrogen and oxygen atoms in total. The fourth-order valence-corrected chi connectivity index (χ4v) is 0.963. The summed E-state index contributed by atoms with van der Waals surface area (Å²) >= 11 is 0. The Morgan fingerprint density at radius 2 is 1.92 bits per heavy atom. The van der Waals surface area contributed by atoms with Crippen LogP contribution in [0.2, 0.25) is 0 Å². The average Bonchev–Trinajstić information content (AvgIpc) is 2.07. The van der Waals surface area contributed by atoms with Crippen molar-refractivity contribution in [3.63, 3.8) is 0 Å². The van der Waals surface area contributed by atoms with E-state index in [1.807, 2.05) is 6.07 Å². The summed E-state index contributed by atoms with van der Waals surface area (Å²) in [6.45, 7) is 4.55. The number of hydrogen-bond donors (Lipinski definition) is 1. The highest BCUT2D eigenvalue weighted by Gasteiger charge is 1.87. The van der Waals surface area contributed by atoms with Crippen molar-refractivity contribution in [1.82, 2.24) is 5.32 Å². The molecule has 1 N–H and O–H groups in total. The van der Waals surface area contributed by atoms with E-state index in [9.17, 15) is 0 Å². The van der Waals surface area contributed by atoms with Gasteiger partial charge in [0.05, 0.1) is 0 Å². The van der Waals surface area contributed by atoms with E-state index in [0.717, 1.165) is 13.0 Å². The van der Waals surface area contributed by atoms with Gasteiger partial charge in [-0.25, -0.2) is 0 Å². The summed E-state index contributed by atoms with van der Waals surface area (Å²) in [7, 11) is 0. The molecular weight excluding hydrogens is 170 g/mol. The summed E-state index contributed by atoms with van der Waals surface area (Å²) in [4.78, 5) is 0. The third kappa shape index (κ3) is 4.04. The standard InChI is InChI=1S/C10H13N.ClH/c1-2-11-9-8-10-6-4-3-5-7-10;/h2-7,11H,1,8-9H2;1H. The summed E-state index contributed by atoms with van der Waals surface area (Å²) in [6.07, 6.45) is 2.79. The Balaban J connectivity index is 0.00000121. The molecule has 0 aliphatic rings. The van der Waals surface area contributed by atoms with Crippen LogP contribution in [0, 0.1) is 0 Å². The topological polar surface area (TPSA) is 12.0 Å². The molecule has 66 valence electrons. The van der Waals surface area contributed by atoms with Crippen molar-refractivity contribution < 1.29 is 0 Å². The van der Waals surface area contributed by atoms with Gasteiger partial charge in [-0.15, -0.1) is 12.4 Å². The van der Waals surface area contributed by atoms with Gasteiger partial charge in [0.1, 0.15) is 0 Å². The fourth-order valence-electron chi connectivity index (χ4n) is 0.963. The van der Waals surface area contributed by atoms with Gasteiger partial charge in [-0.2, -0.15) is 0 Å². The second-order valence-electron chi connectivity index (χ2n) is 2.39. The third-order valence-corrected chi connectivity index (χ3v) is 1.55. The van der Waals surface area contributed by atoms with Crippen LogP contribution in [0.5, 0.6) is 0 Å². The van der Waals surface area contributed by atoms with Gasteiger partial charge in [-0.05, 0) is 18.2 Å². The molecule has 0 spiro atoms. The quantitative estimate of drug-likeness (QED) is 0.707. The summed E-state index contributed by atoms with van der Waals surface area (Å²) < 4.78 is 0. The Kier molecular flexibility index (Phi) is 6.21. The maximum absolute atomic E-state index is 3.58. The molecule has 0 saturated carbocycles. The van der Waals surface area contributed by atoms with Crippen molar-refractivity contribution in [3.05, 3.63) is 48.7 Å². The molecule has 1 rings (SSSR count). The maximum Gasteiger partial charge on any atom is 0.0181 e. The first-order valence-electron chi connectivity index (χ1n) is 3.81. The first-order chi connectivity index (χ1) is 5.43. The second kappa shape index (κ2) is 6.74. The third-order valence-electron chi connectivity index (χ3n) is 1.55. The SMILES string of the molecule is C=CNCCc1ccccc1.Cl. The minimum atomic E-state index is 0. The molecule has 0 aromatic heterocycles. The first-order valence-corrected chi connectivity index (χ1v) is 3.81. The van der Waals surface area contributed by atoms with Crippen LogP contribution in [0.1, 0.15) is 5.56 Å². The molecule has 0 aliphatic heterocycles. The zero-order valence-corrected chi connectivity index (χ0v) is 7.81. The molecule has 0 aliphatic carbocycles. The zero-order chi connectivity index (χ0) is 7.94. The maximum atomic E-state index is 3.58. The van der Waals surface area contributed by atoms with Crippen LogP contribution in [0.4, 0.5) is 0 Å². The van der Waals surface area contributed by atoms with Gasteiger partial charge in [0, 0.05) is 6.54 Å². The lowest BCUT2D eigenvalue weighted by Crippen LogP contribution is -2.08. The van der Waals surface area contributed by atoms with Crippen LogP contribution in [0.25, 0.3) is 0 Å². The van der Waals surface area contributed by atoms with Crippen molar-refractivity contribution in [1.29, 1.82) is 0 Å². The predicted molar refractivity (Wildman–Crippen MR) is 55.6 cm³/mol. The Labute approximate surface area is 79.9 Å². The molecule has 0 bridgehead atoms.